The Balaban J connectivity index is 1.81. The second-order valence-electron chi connectivity index (χ2n) is 7.86. The molecule has 31 heavy (non-hydrogen) atoms. The largest absolute Gasteiger partial charge is 0.496 e. The summed E-state index contributed by atoms with van der Waals surface area (Å²) in [6.45, 7) is 4.71. The molecule has 3 aromatic rings. The van der Waals surface area contributed by atoms with E-state index in [9.17, 15) is 4.79 Å². The van der Waals surface area contributed by atoms with E-state index in [4.69, 9.17) is 9.84 Å². The maximum atomic E-state index is 13.4. The van der Waals surface area contributed by atoms with Gasteiger partial charge in [-0.25, -0.2) is 0 Å². The first-order valence-electron chi connectivity index (χ1n) is 10.3. The van der Waals surface area contributed by atoms with Crippen LogP contribution in [0, 0.1) is 13.8 Å². The zero-order chi connectivity index (χ0) is 21.5. The molecule has 0 spiro atoms. The SMILES string of the molecule is COc1cccc2c1c1nn(-c3ccccc3C)c(=O)c-1cn2Cc1ccc(C)cc1. The quantitative estimate of drug-likeness (QED) is 0.421. The molecule has 0 aliphatic carbocycles. The van der Waals surface area contributed by atoms with Gasteiger partial charge in [0.1, 0.15) is 11.4 Å². The van der Waals surface area contributed by atoms with E-state index in [0.29, 0.717) is 23.6 Å². The highest BCUT2D eigenvalue weighted by Crippen LogP contribution is 2.35. The summed E-state index contributed by atoms with van der Waals surface area (Å²) < 4.78 is 9.28. The molecule has 0 aromatic heterocycles. The average Bonchev–Trinajstić information content (AvgIpc) is 3.11. The van der Waals surface area contributed by atoms with Crippen LogP contribution in [0.4, 0.5) is 0 Å². The van der Waals surface area contributed by atoms with Crippen LogP contribution in [0.3, 0.4) is 0 Å². The Hall–Kier alpha value is -3.86. The third-order valence-electron chi connectivity index (χ3n) is 5.75. The normalized spacial score (nSPS) is 11.3. The van der Waals surface area contributed by atoms with Crippen LogP contribution in [-0.2, 0) is 6.54 Å². The minimum Gasteiger partial charge on any atom is -0.496 e. The number of nitrogens with zero attached hydrogens (tertiary/aromatic N) is 3. The molecule has 0 bridgehead atoms. The molecule has 0 unspecified atom stereocenters. The molecule has 0 saturated heterocycles. The molecule has 5 heteroatoms. The van der Waals surface area contributed by atoms with E-state index < -0.39 is 0 Å². The van der Waals surface area contributed by atoms with Crippen LogP contribution in [0.5, 0.6) is 5.75 Å². The summed E-state index contributed by atoms with van der Waals surface area (Å²) >= 11 is 0. The second kappa shape index (κ2) is 7.43. The first-order chi connectivity index (χ1) is 15.1. The van der Waals surface area contributed by atoms with Gasteiger partial charge < -0.3 is 9.30 Å². The van der Waals surface area contributed by atoms with Gasteiger partial charge in [0.2, 0.25) is 0 Å². The van der Waals surface area contributed by atoms with Crippen LogP contribution in [-0.4, -0.2) is 21.5 Å². The zero-order valence-corrected chi connectivity index (χ0v) is 17.8. The van der Waals surface area contributed by atoms with Gasteiger partial charge in [0.25, 0.3) is 5.56 Å². The van der Waals surface area contributed by atoms with Crippen LogP contribution in [0.2, 0.25) is 0 Å². The van der Waals surface area contributed by atoms with Crippen molar-refractivity contribution in [3.05, 3.63) is 100.0 Å². The van der Waals surface area contributed by atoms with Gasteiger partial charge in [-0.05, 0) is 43.2 Å². The number of fused-ring (bicyclic) bond motifs is 3. The number of pyridine rings is 1. The highest BCUT2D eigenvalue weighted by atomic mass is 16.5. The fourth-order valence-electron chi connectivity index (χ4n) is 4.09. The minimum absolute atomic E-state index is 0.130. The molecular formula is C26H23N3O2. The molecule has 5 nitrogen and oxygen atoms in total. The molecule has 0 radical (unpaired) electrons. The lowest BCUT2D eigenvalue weighted by atomic mass is 10.1. The Labute approximate surface area is 180 Å². The zero-order valence-electron chi connectivity index (χ0n) is 17.8. The van der Waals surface area contributed by atoms with Gasteiger partial charge in [0.05, 0.1) is 29.3 Å². The van der Waals surface area contributed by atoms with Gasteiger partial charge in [0.15, 0.2) is 0 Å². The number of hydrogen-bond donors (Lipinski definition) is 0. The number of rotatable bonds is 4. The standard InChI is InChI=1S/C26H23N3O2/c1-17-11-13-19(14-12-17)15-28-16-20-25(24-22(28)9-6-10-23(24)31-3)27-29(26(20)30)21-8-5-4-7-18(21)2/h4-14,16H,15H2,1-3H3. The fourth-order valence-corrected chi connectivity index (χ4v) is 4.09. The molecule has 0 saturated carbocycles. The Morgan fingerprint density at radius 1 is 0.935 bits per heavy atom. The Morgan fingerprint density at radius 2 is 1.71 bits per heavy atom. The summed E-state index contributed by atoms with van der Waals surface area (Å²) in [6.07, 6.45) is 1.92. The van der Waals surface area contributed by atoms with Crippen molar-refractivity contribution in [1.82, 2.24) is 14.3 Å². The molecule has 0 atom stereocenters. The van der Waals surface area contributed by atoms with E-state index >= 15 is 0 Å². The third-order valence-corrected chi connectivity index (χ3v) is 5.75. The highest BCUT2D eigenvalue weighted by molar-refractivity contribution is 5.98. The van der Waals surface area contributed by atoms with Gasteiger partial charge in [-0.2, -0.15) is 9.78 Å². The maximum Gasteiger partial charge on any atom is 0.282 e. The number of ether oxygens (including phenoxy) is 1. The van der Waals surface area contributed by atoms with E-state index in [-0.39, 0.29) is 5.56 Å². The lowest BCUT2D eigenvalue weighted by molar-refractivity contribution is 0.419. The summed E-state index contributed by atoms with van der Waals surface area (Å²) in [7, 11) is 1.65. The molecule has 0 fully saturated rings. The van der Waals surface area contributed by atoms with Crippen molar-refractivity contribution >= 4 is 10.9 Å². The van der Waals surface area contributed by atoms with Crippen LogP contribution in [0.15, 0.2) is 77.7 Å². The van der Waals surface area contributed by atoms with Crippen LogP contribution >= 0.6 is 0 Å². The van der Waals surface area contributed by atoms with E-state index in [1.165, 1.54) is 10.2 Å². The van der Waals surface area contributed by atoms with Crippen molar-refractivity contribution in [2.75, 3.05) is 7.11 Å². The predicted molar refractivity (Wildman–Crippen MR) is 124 cm³/mol. The van der Waals surface area contributed by atoms with Gasteiger partial charge in [-0.3, -0.25) is 4.79 Å². The topological polar surface area (TPSA) is 49.1 Å². The van der Waals surface area contributed by atoms with Crippen molar-refractivity contribution in [3.63, 3.8) is 0 Å². The van der Waals surface area contributed by atoms with Crippen LogP contribution in [0.25, 0.3) is 27.8 Å². The van der Waals surface area contributed by atoms with Crippen molar-refractivity contribution < 1.29 is 4.74 Å². The van der Waals surface area contributed by atoms with Crippen LogP contribution in [0.1, 0.15) is 16.7 Å². The van der Waals surface area contributed by atoms with Gasteiger partial charge >= 0.3 is 0 Å². The number of benzene rings is 3. The van der Waals surface area contributed by atoms with Gasteiger partial charge in [-0.1, -0.05) is 54.1 Å². The molecule has 5 rings (SSSR count). The predicted octanol–water partition coefficient (Wildman–Crippen LogP) is 4.97. The third kappa shape index (κ3) is 3.19. The monoisotopic (exact) mass is 409 g/mol. The number of aryl methyl sites for hydroxylation is 2. The van der Waals surface area contributed by atoms with Crippen molar-refractivity contribution in [2.24, 2.45) is 0 Å². The molecular weight excluding hydrogens is 386 g/mol. The molecule has 2 heterocycles. The molecule has 2 aliphatic heterocycles. The van der Waals surface area contributed by atoms with Crippen molar-refractivity contribution in [1.29, 1.82) is 0 Å². The first-order valence-corrected chi connectivity index (χ1v) is 10.3. The number of aromatic nitrogens is 3. The summed E-state index contributed by atoms with van der Waals surface area (Å²) in [5.41, 5.74) is 6.24. The minimum atomic E-state index is -0.130. The van der Waals surface area contributed by atoms with Crippen LogP contribution < -0.4 is 10.3 Å². The summed E-state index contributed by atoms with van der Waals surface area (Å²) in [6, 6.07) is 22.2. The average molecular weight is 409 g/mol. The Bertz CT molecular complexity index is 1430. The van der Waals surface area contributed by atoms with Gasteiger partial charge in [0, 0.05) is 12.7 Å². The Kier molecular flexibility index (Phi) is 4.59. The lowest BCUT2D eigenvalue weighted by Crippen LogP contribution is -2.16. The molecule has 2 aliphatic rings. The van der Waals surface area contributed by atoms with E-state index in [0.717, 1.165) is 27.7 Å². The number of para-hydroxylation sites is 1. The highest BCUT2D eigenvalue weighted by Gasteiger charge is 2.23. The Morgan fingerprint density at radius 3 is 2.45 bits per heavy atom. The van der Waals surface area contributed by atoms with E-state index in [2.05, 4.69) is 35.8 Å². The molecule has 3 aromatic carbocycles. The smallest absolute Gasteiger partial charge is 0.282 e. The van der Waals surface area contributed by atoms with Crippen molar-refractivity contribution in [3.8, 4) is 22.7 Å². The molecule has 0 N–H and O–H groups in total. The summed E-state index contributed by atoms with van der Waals surface area (Å²) in [5, 5.41) is 5.60. The number of hydrogen-bond acceptors (Lipinski definition) is 3. The second-order valence-corrected chi connectivity index (χ2v) is 7.86. The summed E-state index contributed by atoms with van der Waals surface area (Å²) in [5.74, 6) is 0.704. The van der Waals surface area contributed by atoms with E-state index in [1.807, 2.05) is 55.6 Å². The van der Waals surface area contributed by atoms with E-state index in [1.54, 1.807) is 7.11 Å². The lowest BCUT2D eigenvalue weighted by Gasteiger charge is -2.16. The number of methoxy groups -OCH3 is 1. The molecule has 154 valence electrons. The molecule has 0 amide bonds. The van der Waals surface area contributed by atoms with Crippen molar-refractivity contribution in [2.45, 2.75) is 20.4 Å². The fraction of sp³-hybridized carbons (Fsp3) is 0.154. The first kappa shape index (κ1) is 19.1. The maximum absolute atomic E-state index is 13.4. The van der Waals surface area contributed by atoms with Gasteiger partial charge in [-0.15, -0.1) is 0 Å². The summed E-state index contributed by atoms with van der Waals surface area (Å²) in [4.78, 5) is 13.4.